The molecule has 1 aromatic heterocycles. The number of aromatic nitrogens is 2. The standard InChI is InChI=1S/C21H24FN5O4/c1-12-23-10-11-27(12)16-7-6-15(18(16)29)24-17(28)8-9-21(19(30)25-20(31)26-21)13-2-4-14(22)5-3-13/h2-5,10-11,15-16,18,29H,6-9H2,1H3,(H,24,28)(H2,25,26,30,31)/t15-,16-,18-,21+/m1/s1. The topological polar surface area (TPSA) is 125 Å². The maximum atomic E-state index is 13.3. The number of aliphatic hydroxyl groups is 1. The van der Waals surface area contributed by atoms with Crippen molar-refractivity contribution in [1.29, 1.82) is 0 Å². The van der Waals surface area contributed by atoms with Crippen LogP contribution in [0.3, 0.4) is 0 Å². The van der Waals surface area contributed by atoms with Crippen LogP contribution in [0.1, 0.15) is 43.1 Å². The first-order chi connectivity index (χ1) is 14.8. The minimum Gasteiger partial charge on any atom is -0.389 e. The van der Waals surface area contributed by atoms with Crippen molar-refractivity contribution in [2.75, 3.05) is 0 Å². The number of nitrogens with one attached hydrogen (secondary N) is 3. The zero-order valence-corrected chi connectivity index (χ0v) is 17.0. The van der Waals surface area contributed by atoms with E-state index in [4.69, 9.17) is 0 Å². The highest BCUT2D eigenvalue weighted by Crippen LogP contribution is 2.33. The molecular formula is C21H24FN5O4. The van der Waals surface area contributed by atoms with Crippen LogP contribution in [0.15, 0.2) is 36.7 Å². The number of carbonyl (C=O) groups is 3. The second-order valence-corrected chi connectivity index (χ2v) is 8.01. The third kappa shape index (κ3) is 3.90. The van der Waals surface area contributed by atoms with Crippen molar-refractivity contribution >= 4 is 17.8 Å². The first-order valence-electron chi connectivity index (χ1n) is 10.2. The number of nitrogens with zero attached hydrogens (tertiary/aromatic N) is 2. The number of imidazole rings is 1. The van der Waals surface area contributed by atoms with Gasteiger partial charge in [0.05, 0.1) is 18.2 Å². The van der Waals surface area contributed by atoms with E-state index in [1.165, 1.54) is 24.3 Å². The first-order valence-corrected chi connectivity index (χ1v) is 10.2. The summed E-state index contributed by atoms with van der Waals surface area (Å²) in [6.45, 7) is 1.86. The Labute approximate surface area is 178 Å². The molecule has 1 saturated carbocycles. The fraction of sp³-hybridized carbons (Fsp3) is 0.429. The van der Waals surface area contributed by atoms with Crippen molar-refractivity contribution in [2.45, 2.75) is 56.3 Å². The number of benzene rings is 1. The summed E-state index contributed by atoms with van der Waals surface area (Å²) in [6, 6.07) is 3.96. The van der Waals surface area contributed by atoms with Gasteiger partial charge in [-0.1, -0.05) is 12.1 Å². The van der Waals surface area contributed by atoms with E-state index < -0.39 is 35.4 Å². The van der Waals surface area contributed by atoms with Crippen molar-refractivity contribution in [3.63, 3.8) is 0 Å². The molecule has 164 valence electrons. The van der Waals surface area contributed by atoms with Crippen LogP contribution in [0.5, 0.6) is 0 Å². The van der Waals surface area contributed by atoms with E-state index in [1.54, 1.807) is 12.4 Å². The number of rotatable bonds is 6. The van der Waals surface area contributed by atoms with E-state index in [0.717, 1.165) is 5.82 Å². The van der Waals surface area contributed by atoms with Crippen molar-refractivity contribution in [3.8, 4) is 0 Å². The van der Waals surface area contributed by atoms with Crippen molar-refractivity contribution in [3.05, 3.63) is 53.9 Å². The van der Waals surface area contributed by atoms with E-state index in [2.05, 4.69) is 20.9 Å². The molecule has 4 rings (SSSR count). The van der Waals surface area contributed by atoms with E-state index in [1.807, 2.05) is 11.5 Å². The van der Waals surface area contributed by atoms with Gasteiger partial charge in [0.2, 0.25) is 5.91 Å². The highest BCUT2D eigenvalue weighted by atomic mass is 19.1. The monoisotopic (exact) mass is 429 g/mol. The van der Waals surface area contributed by atoms with Gasteiger partial charge in [0.25, 0.3) is 5.91 Å². The lowest BCUT2D eigenvalue weighted by Crippen LogP contribution is -2.46. The van der Waals surface area contributed by atoms with Gasteiger partial charge in [-0.3, -0.25) is 14.9 Å². The van der Waals surface area contributed by atoms with Crippen molar-refractivity contribution in [1.82, 2.24) is 25.5 Å². The zero-order chi connectivity index (χ0) is 22.2. The summed E-state index contributed by atoms with van der Waals surface area (Å²) >= 11 is 0. The molecule has 0 spiro atoms. The molecule has 0 radical (unpaired) electrons. The van der Waals surface area contributed by atoms with Gasteiger partial charge in [-0.15, -0.1) is 0 Å². The lowest BCUT2D eigenvalue weighted by atomic mass is 9.85. The molecule has 9 nitrogen and oxygen atoms in total. The van der Waals surface area contributed by atoms with Crippen LogP contribution < -0.4 is 16.0 Å². The average molecular weight is 429 g/mol. The summed E-state index contributed by atoms with van der Waals surface area (Å²) in [5.74, 6) is -0.615. The fourth-order valence-corrected chi connectivity index (χ4v) is 4.49. The molecule has 4 atom stereocenters. The van der Waals surface area contributed by atoms with Crippen LogP contribution in [0.4, 0.5) is 9.18 Å². The highest BCUT2D eigenvalue weighted by Gasteiger charge is 2.48. The summed E-state index contributed by atoms with van der Waals surface area (Å²) in [5, 5.41) is 18.3. The second-order valence-electron chi connectivity index (χ2n) is 8.01. The summed E-state index contributed by atoms with van der Waals surface area (Å²) in [7, 11) is 0. The van der Waals surface area contributed by atoms with Gasteiger partial charge < -0.3 is 20.3 Å². The van der Waals surface area contributed by atoms with Gasteiger partial charge in [0.15, 0.2) is 0 Å². The van der Waals surface area contributed by atoms with Crippen LogP contribution in [-0.2, 0) is 15.1 Å². The number of halogens is 1. The van der Waals surface area contributed by atoms with Gasteiger partial charge in [0, 0.05) is 18.8 Å². The maximum Gasteiger partial charge on any atom is 0.322 e. The molecule has 2 aliphatic rings. The number of aryl methyl sites for hydroxylation is 1. The smallest absolute Gasteiger partial charge is 0.322 e. The SMILES string of the molecule is Cc1nccn1[C@@H]1CC[C@@H](NC(=O)CC[C@@]2(c3ccc(F)cc3)NC(=O)NC2=O)[C@H]1O. The molecule has 4 N–H and O–H groups in total. The molecule has 2 fully saturated rings. The van der Waals surface area contributed by atoms with Gasteiger partial charge >= 0.3 is 6.03 Å². The number of hydrogen-bond donors (Lipinski definition) is 4. The number of carbonyl (C=O) groups excluding carboxylic acids is 3. The van der Waals surface area contributed by atoms with E-state index in [0.29, 0.717) is 18.4 Å². The molecule has 1 saturated heterocycles. The predicted molar refractivity (Wildman–Crippen MR) is 107 cm³/mol. The van der Waals surface area contributed by atoms with E-state index >= 15 is 0 Å². The summed E-state index contributed by atoms with van der Waals surface area (Å²) in [4.78, 5) is 41.1. The number of hydrogen-bond acceptors (Lipinski definition) is 5. The molecular weight excluding hydrogens is 405 g/mol. The van der Waals surface area contributed by atoms with E-state index in [-0.39, 0.29) is 24.8 Å². The van der Waals surface area contributed by atoms with Gasteiger partial charge in [-0.25, -0.2) is 14.2 Å². The first kappa shape index (κ1) is 21.0. The average Bonchev–Trinajstić information content (AvgIpc) is 3.39. The molecule has 0 unspecified atom stereocenters. The zero-order valence-electron chi connectivity index (χ0n) is 17.0. The third-order valence-corrected chi connectivity index (χ3v) is 6.15. The van der Waals surface area contributed by atoms with Crippen LogP contribution >= 0.6 is 0 Å². The number of aliphatic hydroxyl groups excluding tert-OH is 1. The van der Waals surface area contributed by atoms with Gasteiger partial charge in [-0.2, -0.15) is 0 Å². The largest absolute Gasteiger partial charge is 0.389 e. The Morgan fingerprint density at radius 2 is 2.06 bits per heavy atom. The number of imide groups is 1. The molecule has 31 heavy (non-hydrogen) atoms. The quantitative estimate of drug-likeness (QED) is 0.511. The van der Waals surface area contributed by atoms with Crippen LogP contribution in [0.25, 0.3) is 0 Å². The lowest BCUT2D eigenvalue weighted by Gasteiger charge is -2.27. The van der Waals surface area contributed by atoms with Crippen molar-refractivity contribution in [2.24, 2.45) is 0 Å². The molecule has 0 bridgehead atoms. The molecule has 2 heterocycles. The summed E-state index contributed by atoms with van der Waals surface area (Å²) in [6.07, 6.45) is 3.94. The van der Waals surface area contributed by atoms with Gasteiger partial charge in [0.1, 0.15) is 17.2 Å². The molecule has 1 aliphatic heterocycles. The van der Waals surface area contributed by atoms with Crippen molar-refractivity contribution < 1.29 is 23.9 Å². The normalized spacial score (nSPS) is 27.8. The van der Waals surface area contributed by atoms with Crippen LogP contribution in [0, 0.1) is 12.7 Å². The second kappa shape index (κ2) is 8.10. The third-order valence-electron chi connectivity index (χ3n) is 6.15. The highest BCUT2D eigenvalue weighted by molar-refractivity contribution is 6.07. The molecule has 1 aromatic carbocycles. The Balaban J connectivity index is 1.42. The Morgan fingerprint density at radius 1 is 1.32 bits per heavy atom. The van der Waals surface area contributed by atoms with Crippen LogP contribution in [0.2, 0.25) is 0 Å². The van der Waals surface area contributed by atoms with Crippen LogP contribution in [-0.4, -0.2) is 44.6 Å². The maximum absolute atomic E-state index is 13.3. The summed E-state index contributed by atoms with van der Waals surface area (Å²) in [5.41, 5.74) is -1.06. The molecule has 10 heteroatoms. The Morgan fingerprint density at radius 3 is 2.68 bits per heavy atom. The van der Waals surface area contributed by atoms with Gasteiger partial charge in [-0.05, 0) is 43.9 Å². The number of urea groups is 1. The molecule has 2 aromatic rings. The predicted octanol–water partition coefficient (Wildman–Crippen LogP) is 1.03. The fourth-order valence-electron chi connectivity index (χ4n) is 4.49. The minimum absolute atomic E-state index is 0.00505. The molecule has 1 aliphatic carbocycles. The Kier molecular flexibility index (Phi) is 5.48. The summed E-state index contributed by atoms with van der Waals surface area (Å²) < 4.78 is 15.2. The number of amides is 4. The molecule has 4 amide bonds. The lowest BCUT2D eigenvalue weighted by molar-refractivity contribution is -0.126. The minimum atomic E-state index is -1.45. The Hall–Kier alpha value is -3.27. The van der Waals surface area contributed by atoms with E-state index in [9.17, 15) is 23.9 Å². The Bertz CT molecular complexity index is 1010.